The number of nitrogens with one attached hydrogen (secondary N) is 2. The molecule has 3 N–H and O–H groups in total. The molecule has 0 heterocycles. The number of carbonyl (C=O) groups is 2. The lowest BCUT2D eigenvalue weighted by Gasteiger charge is -2.06. The van der Waals surface area contributed by atoms with Crippen molar-refractivity contribution in [2.24, 2.45) is 0 Å². The first-order valence-corrected chi connectivity index (χ1v) is 4.98. The molecule has 0 saturated heterocycles. The molecule has 0 saturated carbocycles. The molecule has 0 spiro atoms. The molecule has 6 heteroatoms. The smallest absolute Gasteiger partial charge is 0.319 e. The molecule has 0 aliphatic heterocycles. The summed E-state index contributed by atoms with van der Waals surface area (Å²) in [6.45, 7) is 0.0851. The number of carbonyl (C=O) groups excluding carboxylic acids is 1. The first-order valence-electron chi connectivity index (χ1n) is 4.60. The normalized spacial score (nSPS) is 9.56. The summed E-state index contributed by atoms with van der Waals surface area (Å²) in [6, 6.07) is 6.22. The fourth-order valence-corrected chi connectivity index (χ4v) is 1.21. The van der Waals surface area contributed by atoms with E-state index < -0.39 is 12.0 Å². The lowest BCUT2D eigenvalue weighted by Crippen LogP contribution is -2.30. The minimum absolute atomic E-state index is 0.0851. The maximum Gasteiger partial charge on any atom is 0.319 e. The topological polar surface area (TPSA) is 78.4 Å². The van der Waals surface area contributed by atoms with Crippen molar-refractivity contribution in [1.29, 1.82) is 0 Å². The van der Waals surface area contributed by atoms with E-state index in [2.05, 4.69) is 10.6 Å². The third-order valence-electron chi connectivity index (χ3n) is 1.71. The molecule has 1 aromatic rings. The van der Waals surface area contributed by atoms with Gasteiger partial charge in [0.1, 0.15) is 0 Å². The Morgan fingerprint density at radius 1 is 1.38 bits per heavy atom. The number of benzene rings is 1. The summed E-state index contributed by atoms with van der Waals surface area (Å²) >= 11 is 5.72. The van der Waals surface area contributed by atoms with E-state index in [1.807, 2.05) is 0 Å². The van der Waals surface area contributed by atoms with Gasteiger partial charge in [0.05, 0.1) is 6.42 Å². The third kappa shape index (κ3) is 4.65. The standard InChI is InChI=1S/C10H11ClN2O3/c11-7-2-1-3-8(6-7)13-10(16)12-5-4-9(14)15/h1-3,6H,4-5H2,(H,14,15)(H2,12,13,16). The largest absolute Gasteiger partial charge is 0.481 e. The number of halogens is 1. The van der Waals surface area contributed by atoms with Gasteiger partial charge < -0.3 is 15.7 Å². The van der Waals surface area contributed by atoms with Gasteiger partial charge in [-0.3, -0.25) is 4.79 Å². The highest BCUT2D eigenvalue weighted by atomic mass is 35.5. The Bertz CT molecular complexity index is 395. The number of amides is 2. The van der Waals surface area contributed by atoms with Gasteiger partial charge in [-0.15, -0.1) is 0 Å². The average Bonchev–Trinajstić information content (AvgIpc) is 2.16. The van der Waals surface area contributed by atoms with Crippen LogP contribution < -0.4 is 10.6 Å². The van der Waals surface area contributed by atoms with E-state index in [1.165, 1.54) is 0 Å². The van der Waals surface area contributed by atoms with Crippen LogP contribution in [0.2, 0.25) is 5.02 Å². The second-order valence-electron chi connectivity index (χ2n) is 3.03. The molecule has 0 fully saturated rings. The van der Waals surface area contributed by atoms with E-state index in [0.29, 0.717) is 10.7 Å². The average molecular weight is 243 g/mol. The van der Waals surface area contributed by atoms with Crippen LogP contribution in [0, 0.1) is 0 Å². The number of rotatable bonds is 4. The lowest BCUT2D eigenvalue weighted by atomic mass is 10.3. The Kier molecular flexibility index (Phi) is 4.60. The molecule has 0 radical (unpaired) electrons. The Balaban J connectivity index is 2.37. The summed E-state index contributed by atoms with van der Waals surface area (Å²) in [4.78, 5) is 21.4. The number of carboxylic acids is 1. The van der Waals surface area contributed by atoms with Crippen LogP contribution in [0.3, 0.4) is 0 Å². The van der Waals surface area contributed by atoms with E-state index in [0.717, 1.165) is 0 Å². The monoisotopic (exact) mass is 242 g/mol. The highest BCUT2D eigenvalue weighted by Crippen LogP contribution is 2.14. The van der Waals surface area contributed by atoms with Crippen molar-refractivity contribution in [3.63, 3.8) is 0 Å². The summed E-state index contributed by atoms with van der Waals surface area (Å²) in [7, 11) is 0. The van der Waals surface area contributed by atoms with Gasteiger partial charge >= 0.3 is 12.0 Å². The van der Waals surface area contributed by atoms with Crippen LogP contribution in [0.4, 0.5) is 10.5 Å². The van der Waals surface area contributed by atoms with E-state index >= 15 is 0 Å². The number of urea groups is 1. The molecular formula is C10H11ClN2O3. The van der Waals surface area contributed by atoms with Crippen LogP contribution in [-0.2, 0) is 4.79 Å². The van der Waals surface area contributed by atoms with Gasteiger partial charge in [0, 0.05) is 17.3 Å². The zero-order valence-electron chi connectivity index (χ0n) is 8.37. The molecule has 2 amide bonds. The van der Waals surface area contributed by atoms with Crippen molar-refractivity contribution >= 4 is 29.3 Å². The van der Waals surface area contributed by atoms with Gasteiger partial charge in [0.15, 0.2) is 0 Å². The number of hydrogen-bond donors (Lipinski definition) is 3. The quantitative estimate of drug-likeness (QED) is 0.755. The van der Waals surface area contributed by atoms with E-state index in [1.54, 1.807) is 24.3 Å². The van der Waals surface area contributed by atoms with E-state index in [-0.39, 0.29) is 13.0 Å². The minimum Gasteiger partial charge on any atom is -0.481 e. The predicted octanol–water partition coefficient (Wildman–Crippen LogP) is 1.94. The van der Waals surface area contributed by atoms with Crippen LogP contribution in [-0.4, -0.2) is 23.7 Å². The van der Waals surface area contributed by atoms with Crippen LogP contribution in [0.5, 0.6) is 0 Å². The molecule has 0 aliphatic rings. The number of anilines is 1. The van der Waals surface area contributed by atoms with Crippen molar-refractivity contribution in [2.45, 2.75) is 6.42 Å². The molecule has 1 aromatic carbocycles. The molecule has 16 heavy (non-hydrogen) atoms. The van der Waals surface area contributed by atoms with Crippen LogP contribution in [0.25, 0.3) is 0 Å². The molecule has 0 aromatic heterocycles. The fourth-order valence-electron chi connectivity index (χ4n) is 1.02. The fraction of sp³-hybridized carbons (Fsp3) is 0.200. The number of carboxylic acid groups (broad SMARTS) is 1. The Hall–Kier alpha value is -1.75. The zero-order chi connectivity index (χ0) is 12.0. The van der Waals surface area contributed by atoms with Gasteiger partial charge in [0.2, 0.25) is 0 Å². The van der Waals surface area contributed by atoms with Crippen molar-refractivity contribution in [2.75, 3.05) is 11.9 Å². The first-order chi connectivity index (χ1) is 7.58. The lowest BCUT2D eigenvalue weighted by molar-refractivity contribution is -0.136. The third-order valence-corrected chi connectivity index (χ3v) is 1.94. The Morgan fingerprint density at radius 2 is 2.12 bits per heavy atom. The summed E-state index contributed by atoms with van der Waals surface area (Å²) in [5.74, 6) is -0.956. The molecule has 5 nitrogen and oxygen atoms in total. The van der Waals surface area contributed by atoms with Crippen LogP contribution in [0.15, 0.2) is 24.3 Å². The van der Waals surface area contributed by atoms with Crippen LogP contribution >= 0.6 is 11.6 Å². The van der Waals surface area contributed by atoms with Gasteiger partial charge in [0.25, 0.3) is 0 Å². The summed E-state index contributed by atoms with van der Waals surface area (Å²) < 4.78 is 0. The maximum absolute atomic E-state index is 11.2. The van der Waals surface area contributed by atoms with Gasteiger partial charge in [-0.2, -0.15) is 0 Å². The Morgan fingerprint density at radius 3 is 2.75 bits per heavy atom. The molecule has 0 atom stereocenters. The second kappa shape index (κ2) is 5.97. The molecule has 1 rings (SSSR count). The Labute approximate surface area is 97.4 Å². The summed E-state index contributed by atoms with van der Waals surface area (Å²) in [5.41, 5.74) is 0.556. The predicted molar refractivity (Wildman–Crippen MR) is 60.7 cm³/mol. The van der Waals surface area contributed by atoms with Crippen LogP contribution in [0.1, 0.15) is 6.42 Å². The molecule has 0 aliphatic carbocycles. The van der Waals surface area contributed by atoms with Gasteiger partial charge in [-0.05, 0) is 18.2 Å². The van der Waals surface area contributed by atoms with Gasteiger partial charge in [-0.1, -0.05) is 17.7 Å². The SMILES string of the molecule is O=C(O)CCNC(=O)Nc1cccc(Cl)c1. The maximum atomic E-state index is 11.2. The van der Waals surface area contributed by atoms with Gasteiger partial charge in [-0.25, -0.2) is 4.79 Å². The van der Waals surface area contributed by atoms with Crippen molar-refractivity contribution in [3.8, 4) is 0 Å². The van der Waals surface area contributed by atoms with Crippen molar-refractivity contribution < 1.29 is 14.7 Å². The number of hydrogen-bond acceptors (Lipinski definition) is 2. The first kappa shape index (κ1) is 12.3. The highest BCUT2D eigenvalue weighted by Gasteiger charge is 2.02. The summed E-state index contributed by atoms with van der Waals surface area (Å²) in [5, 5.41) is 13.8. The zero-order valence-corrected chi connectivity index (χ0v) is 9.12. The molecule has 0 bridgehead atoms. The highest BCUT2D eigenvalue weighted by molar-refractivity contribution is 6.30. The molecule has 86 valence electrons. The minimum atomic E-state index is -0.956. The van der Waals surface area contributed by atoms with E-state index in [4.69, 9.17) is 16.7 Å². The van der Waals surface area contributed by atoms with Crippen molar-refractivity contribution in [1.82, 2.24) is 5.32 Å². The summed E-state index contributed by atoms with van der Waals surface area (Å²) in [6.07, 6.45) is -0.108. The van der Waals surface area contributed by atoms with E-state index in [9.17, 15) is 9.59 Å². The molecular weight excluding hydrogens is 232 g/mol. The second-order valence-corrected chi connectivity index (χ2v) is 3.47. The molecule has 0 unspecified atom stereocenters. The number of aliphatic carboxylic acids is 1. The van der Waals surface area contributed by atoms with Crippen molar-refractivity contribution in [3.05, 3.63) is 29.3 Å².